The number of unbranched alkanes of at least 4 members (excludes halogenated alkanes) is 1. The van der Waals surface area contributed by atoms with E-state index < -0.39 is 0 Å². The first-order valence-electron chi connectivity index (χ1n) is 3.28. The minimum atomic E-state index is 0.451. The third-order valence-electron chi connectivity index (χ3n) is 1.14. The second-order valence-electron chi connectivity index (χ2n) is 1.97. The van der Waals surface area contributed by atoms with E-state index in [1.165, 1.54) is 22.2 Å². The molecule has 0 heterocycles. The molecular weight excluding hydrogens is 146 g/mol. The van der Waals surface area contributed by atoms with E-state index in [4.69, 9.17) is 5.26 Å². The van der Waals surface area contributed by atoms with Crippen molar-refractivity contribution in [3.8, 4) is 6.07 Å². The van der Waals surface area contributed by atoms with E-state index in [9.17, 15) is 0 Å². The first-order chi connectivity index (χ1) is 3.91. The standard InChI is InChI=1S/C4H13NSi3/c5-3-1-2-4-7-8-6/h1-2,4,7-8H2,6H3. The van der Waals surface area contributed by atoms with Crippen LogP contribution in [0.2, 0.25) is 6.04 Å². The third-order valence-corrected chi connectivity index (χ3v) is 12.8. The summed E-state index contributed by atoms with van der Waals surface area (Å²) in [5.74, 6) is 0. The van der Waals surface area contributed by atoms with Crippen LogP contribution < -0.4 is 0 Å². The third kappa shape index (κ3) is 6.14. The molecule has 0 atom stereocenters. The van der Waals surface area contributed by atoms with Crippen molar-refractivity contribution in [2.75, 3.05) is 0 Å². The SMILES string of the molecule is N#CCCC[SiH2][SiH2][SiH3]. The molecule has 0 aliphatic carbocycles. The Balaban J connectivity index is 2.65. The molecule has 0 saturated carbocycles. The van der Waals surface area contributed by atoms with Crippen LogP contribution in [0.3, 0.4) is 0 Å². The van der Waals surface area contributed by atoms with Gasteiger partial charge in [0, 0.05) is 15.5 Å². The average Bonchev–Trinajstić information content (AvgIpc) is 1.81. The lowest BCUT2D eigenvalue weighted by molar-refractivity contribution is 0.964. The number of nitriles is 1. The fourth-order valence-electron chi connectivity index (χ4n) is 0.631. The molecule has 0 spiro atoms. The van der Waals surface area contributed by atoms with E-state index in [2.05, 4.69) is 6.07 Å². The monoisotopic (exact) mass is 159 g/mol. The van der Waals surface area contributed by atoms with Crippen molar-refractivity contribution < 1.29 is 0 Å². The van der Waals surface area contributed by atoms with E-state index in [-0.39, 0.29) is 0 Å². The van der Waals surface area contributed by atoms with Crippen LogP contribution in [0.15, 0.2) is 0 Å². The number of nitrogens with zero attached hydrogens (tertiary/aromatic N) is 1. The van der Waals surface area contributed by atoms with E-state index >= 15 is 0 Å². The lowest BCUT2D eigenvalue weighted by atomic mass is 10.4. The summed E-state index contributed by atoms with van der Waals surface area (Å²) in [6, 6.07) is 3.64. The van der Waals surface area contributed by atoms with Crippen LogP contribution in [0.4, 0.5) is 0 Å². The normalized spacial score (nSPS) is 11.9. The molecule has 0 N–H and O–H groups in total. The summed E-state index contributed by atoms with van der Waals surface area (Å²) in [6.07, 6.45) is 2.01. The summed E-state index contributed by atoms with van der Waals surface area (Å²) in [4.78, 5) is 0. The highest BCUT2D eigenvalue weighted by atomic mass is 29.5. The maximum atomic E-state index is 8.15. The second kappa shape index (κ2) is 7.14. The van der Waals surface area contributed by atoms with E-state index in [1.807, 2.05) is 0 Å². The highest BCUT2D eigenvalue weighted by molar-refractivity contribution is 7.23. The van der Waals surface area contributed by atoms with Crippen LogP contribution in [-0.4, -0.2) is 27.4 Å². The summed E-state index contributed by atoms with van der Waals surface area (Å²) in [5, 5.41) is 8.15. The molecule has 46 valence electrons. The lowest BCUT2D eigenvalue weighted by Crippen LogP contribution is -2.01. The molecule has 0 aromatic heterocycles. The van der Waals surface area contributed by atoms with Crippen LogP contribution in [-0.2, 0) is 0 Å². The minimum absolute atomic E-state index is 0.451. The number of rotatable bonds is 4. The maximum absolute atomic E-state index is 8.15. The Bertz CT molecular complexity index is 77.8. The Morgan fingerprint density at radius 3 is 2.88 bits per heavy atom. The quantitative estimate of drug-likeness (QED) is 0.352. The maximum Gasteiger partial charge on any atom is 0.0621 e. The first kappa shape index (κ1) is 8.14. The molecule has 0 bridgehead atoms. The first-order valence-corrected chi connectivity index (χ1v) is 13.9. The Morgan fingerprint density at radius 2 is 2.38 bits per heavy atom. The molecule has 0 aromatic rings. The molecule has 0 radical (unpaired) electrons. The van der Waals surface area contributed by atoms with Gasteiger partial charge in [0.1, 0.15) is 0 Å². The minimum Gasteiger partial charge on any atom is -0.198 e. The largest absolute Gasteiger partial charge is 0.198 e. The summed E-state index contributed by atoms with van der Waals surface area (Å²) < 4.78 is 0. The molecule has 0 aromatic carbocycles. The van der Waals surface area contributed by atoms with Gasteiger partial charge >= 0.3 is 0 Å². The number of hydrogen-bond donors (Lipinski definition) is 0. The van der Waals surface area contributed by atoms with E-state index in [1.54, 1.807) is 0 Å². The summed E-state index contributed by atoms with van der Waals surface area (Å²) in [5.41, 5.74) is 0. The van der Waals surface area contributed by atoms with Gasteiger partial charge in [-0.25, -0.2) is 0 Å². The van der Waals surface area contributed by atoms with Crippen molar-refractivity contribution in [3.63, 3.8) is 0 Å². The molecule has 0 rings (SSSR count). The zero-order chi connectivity index (χ0) is 6.24. The van der Waals surface area contributed by atoms with Gasteiger partial charge in [-0.2, -0.15) is 5.26 Å². The lowest BCUT2D eigenvalue weighted by Gasteiger charge is -1.87. The Hall–Kier alpha value is 0.141. The molecule has 0 unspecified atom stereocenters. The Labute approximate surface area is 58.1 Å². The molecule has 0 saturated heterocycles. The van der Waals surface area contributed by atoms with Crippen molar-refractivity contribution in [2.24, 2.45) is 0 Å². The van der Waals surface area contributed by atoms with Gasteiger partial charge in [-0.15, -0.1) is 0 Å². The van der Waals surface area contributed by atoms with Gasteiger partial charge in [0.25, 0.3) is 0 Å². The van der Waals surface area contributed by atoms with Gasteiger partial charge in [-0.1, -0.05) is 6.04 Å². The zero-order valence-electron chi connectivity index (χ0n) is 5.48. The predicted octanol–water partition coefficient (Wildman–Crippen LogP) is -1.76. The van der Waals surface area contributed by atoms with Gasteiger partial charge < -0.3 is 0 Å². The van der Waals surface area contributed by atoms with Gasteiger partial charge in [-0.3, -0.25) is 0 Å². The van der Waals surface area contributed by atoms with Gasteiger partial charge in [0.05, 0.1) is 6.07 Å². The van der Waals surface area contributed by atoms with Crippen molar-refractivity contribution in [2.45, 2.75) is 18.9 Å². The predicted molar refractivity (Wildman–Crippen MR) is 46.7 cm³/mol. The van der Waals surface area contributed by atoms with Crippen LogP contribution >= 0.6 is 0 Å². The fraction of sp³-hybridized carbons (Fsp3) is 0.750. The number of hydrogen-bond acceptors (Lipinski definition) is 1. The molecule has 1 nitrogen and oxygen atoms in total. The van der Waals surface area contributed by atoms with Gasteiger partial charge in [-0.05, 0) is 24.7 Å². The molecule has 8 heavy (non-hydrogen) atoms. The van der Waals surface area contributed by atoms with Gasteiger partial charge in [0.2, 0.25) is 0 Å². The zero-order valence-corrected chi connectivity index (χ0v) is 10.3. The van der Waals surface area contributed by atoms with E-state index in [0.29, 0.717) is 17.6 Å². The van der Waals surface area contributed by atoms with Crippen LogP contribution in [0.1, 0.15) is 12.8 Å². The van der Waals surface area contributed by atoms with Crippen molar-refractivity contribution in [1.29, 1.82) is 5.26 Å². The summed E-state index contributed by atoms with van der Waals surface area (Å²) in [6.45, 7) is 0. The van der Waals surface area contributed by atoms with Crippen LogP contribution in [0, 0.1) is 11.3 Å². The van der Waals surface area contributed by atoms with Crippen LogP contribution in [0.25, 0.3) is 0 Å². The molecular formula is C4H13NSi3. The molecule has 4 heteroatoms. The molecule has 0 fully saturated rings. The molecule has 0 aliphatic rings. The van der Waals surface area contributed by atoms with Crippen molar-refractivity contribution in [3.05, 3.63) is 0 Å². The second-order valence-corrected chi connectivity index (χ2v) is 18.5. The van der Waals surface area contributed by atoms with E-state index in [0.717, 1.165) is 6.42 Å². The summed E-state index contributed by atoms with van der Waals surface area (Å²) >= 11 is 0. The Kier molecular flexibility index (Phi) is 7.27. The van der Waals surface area contributed by atoms with Crippen molar-refractivity contribution >= 4 is 27.4 Å². The Morgan fingerprint density at radius 1 is 1.62 bits per heavy atom. The molecule has 0 amide bonds. The fourth-order valence-corrected chi connectivity index (χ4v) is 8.80. The smallest absolute Gasteiger partial charge is 0.0621 e. The van der Waals surface area contributed by atoms with Gasteiger partial charge in [0.15, 0.2) is 0 Å². The average molecular weight is 159 g/mol. The topological polar surface area (TPSA) is 23.8 Å². The highest BCUT2D eigenvalue weighted by Gasteiger charge is 1.84. The highest BCUT2D eigenvalue weighted by Crippen LogP contribution is 1.90. The summed E-state index contributed by atoms with van der Waals surface area (Å²) in [7, 11) is 2.53. The molecule has 0 aliphatic heterocycles. The van der Waals surface area contributed by atoms with Crippen LogP contribution in [0.5, 0.6) is 0 Å². The van der Waals surface area contributed by atoms with Crippen molar-refractivity contribution in [1.82, 2.24) is 0 Å².